The molecule has 1 atom stereocenters. The molecule has 0 aliphatic rings. The van der Waals surface area contributed by atoms with E-state index < -0.39 is 15.9 Å². The molecular weight excluding hydrogens is 352 g/mol. The fourth-order valence-corrected chi connectivity index (χ4v) is 4.18. The van der Waals surface area contributed by atoms with E-state index in [2.05, 4.69) is 31.4 Å². The Bertz CT molecular complexity index is 579. The van der Waals surface area contributed by atoms with E-state index in [-0.39, 0.29) is 28.6 Å². The summed E-state index contributed by atoms with van der Waals surface area (Å²) < 4.78 is 27.7. The van der Waals surface area contributed by atoms with Crippen molar-refractivity contribution in [2.75, 3.05) is 13.1 Å². The Morgan fingerprint density at radius 2 is 2.25 bits per heavy atom. The lowest BCUT2D eigenvalue weighted by Gasteiger charge is -2.23. The smallest absolute Gasteiger partial charge is 0.263 e. The lowest BCUT2D eigenvalue weighted by atomic mass is 10.1. The third-order valence-corrected chi connectivity index (χ3v) is 5.60. The number of rotatable bonds is 6. The first kappa shape index (κ1) is 16.9. The van der Waals surface area contributed by atoms with Gasteiger partial charge in [0, 0.05) is 26.1 Å². The first-order chi connectivity index (χ1) is 9.25. The van der Waals surface area contributed by atoms with Crippen LogP contribution in [0.4, 0.5) is 0 Å². The van der Waals surface area contributed by atoms with Gasteiger partial charge in [-0.1, -0.05) is 24.2 Å². The maximum atomic E-state index is 12.6. The van der Waals surface area contributed by atoms with Crippen LogP contribution in [0.25, 0.3) is 0 Å². The maximum Gasteiger partial charge on any atom is 0.263 e. The van der Waals surface area contributed by atoms with Crippen molar-refractivity contribution in [3.63, 3.8) is 0 Å². The Hall–Kier alpha value is -1.20. The van der Waals surface area contributed by atoms with E-state index in [1.54, 1.807) is 13.8 Å². The molecule has 0 aliphatic heterocycles. The van der Waals surface area contributed by atoms with Gasteiger partial charge in [0.25, 0.3) is 10.0 Å². The predicted molar refractivity (Wildman–Crippen MR) is 75.7 cm³/mol. The van der Waals surface area contributed by atoms with Crippen LogP contribution in [0.2, 0.25) is 0 Å². The number of hydrogen-bond acceptors (Lipinski definition) is 6. The average molecular weight is 369 g/mol. The molecule has 11 heteroatoms. The molecule has 0 saturated carbocycles. The van der Waals surface area contributed by atoms with Crippen LogP contribution in [0.15, 0.2) is 14.8 Å². The highest BCUT2D eigenvalue weighted by Gasteiger charge is 2.31. The van der Waals surface area contributed by atoms with E-state index in [0.29, 0.717) is 0 Å². The monoisotopic (exact) mass is 368 g/mol. The van der Waals surface area contributed by atoms with Crippen molar-refractivity contribution in [2.45, 2.75) is 18.9 Å². The fourth-order valence-electron chi connectivity index (χ4n) is 1.61. The van der Waals surface area contributed by atoms with E-state index in [1.165, 1.54) is 16.0 Å². The molecule has 1 aromatic rings. The van der Waals surface area contributed by atoms with Gasteiger partial charge in [0.2, 0.25) is 5.03 Å². The molecule has 20 heavy (non-hydrogen) atoms. The van der Waals surface area contributed by atoms with Gasteiger partial charge in [0.1, 0.15) is 5.84 Å². The fraction of sp³-hybridized carbons (Fsp3) is 0.667. The summed E-state index contributed by atoms with van der Waals surface area (Å²) in [5.74, 6) is -0.449. The van der Waals surface area contributed by atoms with Crippen molar-refractivity contribution >= 4 is 31.8 Å². The van der Waals surface area contributed by atoms with Crippen molar-refractivity contribution in [1.29, 1.82) is 0 Å². The van der Waals surface area contributed by atoms with Crippen LogP contribution in [0.5, 0.6) is 0 Å². The summed E-state index contributed by atoms with van der Waals surface area (Å²) in [5.41, 5.74) is 5.48. The van der Waals surface area contributed by atoms with E-state index in [0.717, 1.165) is 0 Å². The minimum absolute atomic E-state index is 0.0270. The standard InChI is InChI=1S/C9H17BrN6O3S/c1-4-16(5-6(2)8(11)13-17)20(18,19)9-7(10)12-14-15(9)3/h6,17H,4-5H2,1-3H3,(H2,11,13). The summed E-state index contributed by atoms with van der Waals surface area (Å²) in [5, 5.41) is 18.8. The van der Waals surface area contributed by atoms with Gasteiger partial charge in [-0.15, -0.1) is 5.10 Å². The van der Waals surface area contributed by atoms with Crippen LogP contribution in [-0.2, 0) is 17.1 Å². The third kappa shape index (κ3) is 3.27. The molecule has 0 aliphatic carbocycles. The Morgan fingerprint density at radius 1 is 1.65 bits per heavy atom. The highest BCUT2D eigenvalue weighted by molar-refractivity contribution is 9.10. The Labute approximate surface area is 125 Å². The van der Waals surface area contributed by atoms with E-state index in [9.17, 15) is 8.42 Å². The normalized spacial score (nSPS) is 14.8. The number of aryl methyl sites for hydroxylation is 1. The molecule has 0 spiro atoms. The number of sulfonamides is 1. The van der Waals surface area contributed by atoms with Gasteiger partial charge in [-0.25, -0.2) is 13.1 Å². The van der Waals surface area contributed by atoms with Gasteiger partial charge >= 0.3 is 0 Å². The molecule has 0 aromatic carbocycles. The SMILES string of the molecule is CCN(CC(C)C(N)=NO)S(=O)(=O)c1c(Br)nnn1C. The third-order valence-electron chi connectivity index (χ3n) is 2.77. The van der Waals surface area contributed by atoms with Gasteiger partial charge in [-0.05, 0) is 15.9 Å². The molecule has 9 nitrogen and oxygen atoms in total. The average Bonchev–Trinajstić information content (AvgIpc) is 2.74. The Kier molecular flexibility index (Phi) is 5.48. The summed E-state index contributed by atoms with van der Waals surface area (Å²) in [4.78, 5) is 0. The molecule has 0 fully saturated rings. The number of oxime groups is 1. The molecule has 1 rings (SSSR count). The topological polar surface area (TPSA) is 127 Å². The highest BCUT2D eigenvalue weighted by Crippen LogP contribution is 2.22. The van der Waals surface area contributed by atoms with Crippen molar-refractivity contribution in [3.8, 4) is 0 Å². The second kappa shape index (κ2) is 6.50. The zero-order chi connectivity index (χ0) is 15.5. The van der Waals surface area contributed by atoms with Crippen molar-refractivity contribution in [2.24, 2.45) is 23.9 Å². The number of amidine groups is 1. The van der Waals surface area contributed by atoms with Gasteiger partial charge in [0.15, 0.2) is 4.60 Å². The zero-order valence-corrected chi connectivity index (χ0v) is 13.8. The molecule has 3 N–H and O–H groups in total. The summed E-state index contributed by atoms with van der Waals surface area (Å²) in [6.45, 7) is 3.70. The number of nitrogens with zero attached hydrogens (tertiary/aromatic N) is 5. The van der Waals surface area contributed by atoms with Crippen LogP contribution in [-0.4, -0.2) is 51.8 Å². The van der Waals surface area contributed by atoms with Crippen LogP contribution in [0.1, 0.15) is 13.8 Å². The Morgan fingerprint density at radius 3 is 2.65 bits per heavy atom. The molecule has 0 bridgehead atoms. The number of hydrogen-bond donors (Lipinski definition) is 2. The van der Waals surface area contributed by atoms with Crippen molar-refractivity contribution in [1.82, 2.24) is 19.3 Å². The number of aromatic nitrogens is 3. The lowest BCUT2D eigenvalue weighted by Crippen LogP contribution is -2.39. The summed E-state index contributed by atoms with van der Waals surface area (Å²) >= 11 is 3.07. The molecule has 1 heterocycles. The van der Waals surface area contributed by atoms with E-state index in [4.69, 9.17) is 10.9 Å². The van der Waals surface area contributed by atoms with Crippen molar-refractivity contribution < 1.29 is 13.6 Å². The molecular formula is C9H17BrN6O3S. The second-order valence-corrected chi connectivity index (χ2v) is 6.79. The lowest BCUT2D eigenvalue weighted by molar-refractivity contribution is 0.311. The summed E-state index contributed by atoms with van der Waals surface area (Å²) in [6.07, 6.45) is 0. The van der Waals surface area contributed by atoms with Crippen LogP contribution in [0.3, 0.4) is 0 Å². The number of halogens is 1. The minimum Gasteiger partial charge on any atom is -0.409 e. The van der Waals surface area contributed by atoms with E-state index in [1.807, 2.05) is 0 Å². The van der Waals surface area contributed by atoms with Crippen LogP contribution >= 0.6 is 15.9 Å². The Balaban J connectivity index is 3.12. The van der Waals surface area contributed by atoms with Gasteiger partial charge in [-0.2, -0.15) is 4.31 Å². The highest BCUT2D eigenvalue weighted by atomic mass is 79.9. The largest absolute Gasteiger partial charge is 0.409 e. The summed E-state index contributed by atoms with van der Waals surface area (Å²) in [7, 11) is -2.28. The zero-order valence-electron chi connectivity index (χ0n) is 11.4. The van der Waals surface area contributed by atoms with Gasteiger partial charge in [0.05, 0.1) is 0 Å². The van der Waals surface area contributed by atoms with Crippen LogP contribution in [0, 0.1) is 5.92 Å². The molecule has 1 aromatic heterocycles. The quantitative estimate of drug-likeness (QED) is 0.314. The second-order valence-electron chi connectivity index (χ2n) is 4.19. The molecule has 0 saturated heterocycles. The van der Waals surface area contributed by atoms with Crippen molar-refractivity contribution in [3.05, 3.63) is 4.60 Å². The van der Waals surface area contributed by atoms with Gasteiger partial charge in [-0.3, -0.25) is 0 Å². The summed E-state index contributed by atoms with van der Waals surface area (Å²) in [6, 6.07) is 0. The molecule has 0 radical (unpaired) electrons. The molecule has 1 unspecified atom stereocenters. The maximum absolute atomic E-state index is 12.6. The number of nitrogens with two attached hydrogens (primary N) is 1. The first-order valence-corrected chi connectivity index (χ1v) is 8.01. The molecule has 114 valence electrons. The van der Waals surface area contributed by atoms with Crippen LogP contribution < -0.4 is 5.73 Å². The predicted octanol–water partition coefficient (Wildman–Crippen LogP) is -0.0293. The van der Waals surface area contributed by atoms with Gasteiger partial charge < -0.3 is 10.9 Å². The first-order valence-electron chi connectivity index (χ1n) is 5.78. The minimum atomic E-state index is -3.77. The van der Waals surface area contributed by atoms with E-state index >= 15 is 0 Å². The molecule has 0 amide bonds.